The molecular weight excluding hydrogens is 220 g/mol. The summed E-state index contributed by atoms with van der Waals surface area (Å²) in [5.74, 6) is -0.0976. The van der Waals surface area contributed by atoms with Gasteiger partial charge in [0.15, 0.2) is 0 Å². The van der Waals surface area contributed by atoms with Crippen LogP contribution in [0, 0.1) is 0 Å². The molecule has 1 aromatic carbocycles. The van der Waals surface area contributed by atoms with Crippen LogP contribution in [0.5, 0.6) is 5.88 Å². The molecule has 17 heavy (non-hydrogen) atoms. The number of nitrogens with one attached hydrogen (secondary N) is 1. The molecule has 0 atom stereocenters. The third-order valence-electron chi connectivity index (χ3n) is 2.55. The van der Waals surface area contributed by atoms with Gasteiger partial charge < -0.3 is 14.8 Å². The van der Waals surface area contributed by atoms with Crippen molar-refractivity contribution < 1.29 is 9.84 Å². The number of nitrogens with zero attached hydrogens (tertiary/aromatic N) is 1. The van der Waals surface area contributed by atoms with Crippen molar-refractivity contribution in [2.24, 2.45) is 0 Å². The fraction of sp³-hybridized carbons (Fsp3) is 0.250. The monoisotopic (exact) mass is 234 g/mol. The van der Waals surface area contributed by atoms with Crippen molar-refractivity contribution in [3.05, 3.63) is 46.5 Å². The van der Waals surface area contributed by atoms with Crippen molar-refractivity contribution in [1.82, 2.24) is 9.55 Å². The molecule has 5 heteroatoms. The topological polar surface area (TPSA) is 67.2 Å². The van der Waals surface area contributed by atoms with E-state index in [0.717, 1.165) is 12.0 Å². The van der Waals surface area contributed by atoms with Crippen LogP contribution in [-0.2, 0) is 11.2 Å². The quantitative estimate of drug-likeness (QED) is 0.831. The first-order valence-corrected chi connectivity index (χ1v) is 5.30. The fourth-order valence-electron chi connectivity index (χ4n) is 1.64. The molecule has 0 spiro atoms. The third-order valence-corrected chi connectivity index (χ3v) is 2.55. The van der Waals surface area contributed by atoms with Gasteiger partial charge in [0.25, 0.3) is 0 Å². The number of imidazole rings is 1. The second-order valence-electron chi connectivity index (χ2n) is 3.70. The summed E-state index contributed by atoms with van der Waals surface area (Å²) >= 11 is 0. The van der Waals surface area contributed by atoms with E-state index in [0.29, 0.717) is 12.3 Å². The van der Waals surface area contributed by atoms with E-state index in [1.54, 1.807) is 19.2 Å². The highest BCUT2D eigenvalue weighted by atomic mass is 16.5. The summed E-state index contributed by atoms with van der Waals surface area (Å²) in [6.45, 7) is 0.661. The van der Waals surface area contributed by atoms with Crippen molar-refractivity contribution >= 4 is 0 Å². The zero-order valence-electron chi connectivity index (χ0n) is 9.51. The Bertz CT molecular complexity index is 540. The zero-order valence-corrected chi connectivity index (χ0v) is 9.51. The van der Waals surface area contributed by atoms with Gasteiger partial charge in [-0.1, -0.05) is 12.1 Å². The molecule has 1 aromatic heterocycles. The second-order valence-corrected chi connectivity index (χ2v) is 3.70. The summed E-state index contributed by atoms with van der Waals surface area (Å²) in [6, 6.07) is 7.40. The van der Waals surface area contributed by atoms with Gasteiger partial charge in [0.05, 0.1) is 18.5 Å². The molecule has 0 unspecified atom stereocenters. The number of rotatable bonds is 4. The van der Waals surface area contributed by atoms with E-state index in [9.17, 15) is 9.90 Å². The van der Waals surface area contributed by atoms with Crippen LogP contribution in [-0.4, -0.2) is 28.4 Å². The van der Waals surface area contributed by atoms with Crippen molar-refractivity contribution in [2.75, 3.05) is 13.7 Å². The molecule has 90 valence electrons. The Morgan fingerprint density at radius 2 is 2.06 bits per heavy atom. The number of hydrogen-bond acceptors (Lipinski definition) is 3. The Hall–Kier alpha value is -2.01. The van der Waals surface area contributed by atoms with Crippen LogP contribution in [0.15, 0.2) is 35.3 Å². The Labute approximate surface area is 98.3 Å². The van der Waals surface area contributed by atoms with Crippen LogP contribution >= 0.6 is 0 Å². The number of H-pyrrole nitrogens is 1. The van der Waals surface area contributed by atoms with E-state index in [2.05, 4.69) is 4.98 Å². The average Bonchev–Trinajstić information content (AvgIpc) is 2.67. The molecule has 0 amide bonds. The Morgan fingerprint density at radius 3 is 2.59 bits per heavy atom. The number of ether oxygens (including phenoxy) is 1. The number of aromatic nitrogens is 2. The van der Waals surface area contributed by atoms with Gasteiger partial charge in [-0.3, -0.25) is 0 Å². The van der Waals surface area contributed by atoms with Gasteiger partial charge in [-0.15, -0.1) is 0 Å². The van der Waals surface area contributed by atoms with Crippen molar-refractivity contribution in [2.45, 2.75) is 6.42 Å². The lowest BCUT2D eigenvalue weighted by molar-refractivity contribution is 0.202. The van der Waals surface area contributed by atoms with E-state index in [1.165, 1.54) is 10.8 Å². The number of aromatic hydroxyl groups is 1. The Kier molecular flexibility index (Phi) is 3.30. The molecule has 0 fully saturated rings. The molecule has 0 radical (unpaired) electrons. The van der Waals surface area contributed by atoms with Crippen molar-refractivity contribution in [1.29, 1.82) is 0 Å². The molecule has 5 nitrogen and oxygen atoms in total. The van der Waals surface area contributed by atoms with Gasteiger partial charge in [0.1, 0.15) is 0 Å². The van der Waals surface area contributed by atoms with Crippen LogP contribution in [0.2, 0.25) is 0 Å². The highest BCUT2D eigenvalue weighted by Gasteiger charge is 2.06. The lowest BCUT2D eigenvalue weighted by Gasteiger charge is -2.04. The van der Waals surface area contributed by atoms with Gasteiger partial charge in [-0.05, 0) is 24.1 Å². The lowest BCUT2D eigenvalue weighted by Crippen LogP contribution is -2.14. The number of benzene rings is 1. The Balaban J connectivity index is 2.27. The predicted octanol–water partition coefficient (Wildman–Crippen LogP) is 1.06. The molecule has 1 heterocycles. The molecule has 0 saturated heterocycles. The van der Waals surface area contributed by atoms with E-state index >= 15 is 0 Å². The SMILES string of the molecule is COCCc1ccc(-n2c(O)c[nH]c2=O)cc1. The lowest BCUT2D eigenvalue weighted by atomic mass is 10.1. The standard InChI is InChI=1S/C12H14N2O3/c1-17-7-6-9-2-4-10(5-3-9)14-11(15)8-13-12(14)16/h2-5,8,15H,6-7H2,1H3,(H,13,16). The largest absolute Gasteiger partial charge is 0.493 e. The third kappa shape index (κ3) is 2.39. The molecule has 0 saturated carbocycles. The molecule has 0 aliphatic rings. The smallest absolute Gasteiger partial charge is 0.333 e. The molecular formula is C12H14N2O3. The van der Waals surface area contributed by atoms with Gasteiger partial charge in [-0.25, -0.2) is 9.36 Å². The van der Waals surface area contributed by atoms with Gasteiger partial charge in [-0.2, -0.15) is 0 Å². The van der Waals surface area contributed by atoms with E-state index in [4.69, 9.17) is 4.74 Å². The normalized spacial score (nSPS) is 10.6. The van der Waals surface area contributed by atoms with Crippen LogP contribution in [0.4, 0.5) is 0 Å². The van der Waals surface area contributed by atoms with Crippen molar-refractivity contribution in [3.8, 4) is 11.6 Å². The molecule has 2 aromatic rings. The number of aromatic amines is 1. The van der Waals surface area contributed by atoms with Gasteiger partial charge in [0, 0.05) is 7.11 Å². The molecule has 2 N–H and O–H groups in total. The van der Waals surface area contributed by atoms with Crippen LogP contribution < -0.4 is 5.69 Å². The summed E-state index contributed by atoms with van der Waals surface area (Å²) in [7, 11) is 1.66. The van der Waals surface area contributed by atoms with Crippen LogP contribution in [0.3, 0.4) is 0 Å². The summed E-state index contributed by atoms with van der Waals surface area (Å²) in [4.78, 5) is 13.8. The number of hydrogen-bond donors (Lipinski definition) is 2. The number of methoxy groups -OCH3 is 1. The first-order valence-electron chi connectivity index (χ1n) is 5.30. The first-order chi connectivity index (χ1) is 8.22. The van der Waals surface area contributed by atoms with Gasteiger partial charge in [0.2, 0.25) is 5.88 Å². The summed E-state index contributed by atoms with van der Waals surface area (Å²) in [5.41, 5.74) is 1.40. The van der Waals surface area contributed by atoms with Crippen LogP contribution in [0.25, 0.3) is 5.69 Å². The van der Waals surface area contributed by atoms with E-state index in [-0.39, 0.29) is 11.6 Å². The van der Waals surface area contributed by atoms with E-state index < -0.39 is 0 Å². The van der Waals surface area contributed by atoms with Crippen molar-refractivity contribution in [3.63, 3.8) is 0 Å². The van der Waals surface area contributed by atoms with E-state index in [1.807, 2.05) is 12.1 Å². The predicted molar refractivity (Wildman–Crippen MR) is 63.6 cm³/mol. The van der Waals surface area contributed by atoms with Gasteiger partial charge >= 0.3 is 5.69 Å². The maximum absolute atomic E-state index is 11.4. The average molecular weight is 234 g/mol. The highest BCUT2D eigenvalue weighted by molar-refractivity contribution is 5.37. The molecule has 0 aliphatic heterocycles. The summed E-state index contributed by atoms with van der Waals surface area (Å²) in [5, 5.41) is 9.51. The minimum absolute atomic E-state index is 0.0976. The Morgan fingerprint density at radius 1 is 1.35 bits per heavy atom. The summed E-state index contributed by atoms with van der Waals surface area (Å²) < 4.78 is 6.19. The fourth-order valence-corrected chi connectivity index (χ4v) is 1.64. The highest BCUT2D eigenvalue weighted by Crippen LogP contribution is 2.14. The first kappa shape index (κ1) is 11.5. The maximum atomic E-state index is 11.4. The minimum atomic E-state index is -0.354. The molecule has 0 aliphatic carbocycles. The van der Waals surface area contributed by atoms with Crippen LogP contribution in [0.1, 0.15) is 5.56 Å². The molecule has 0 bridgehead atoms. The maximum Gasteiger partial charge on any atom is 0.333 e. The second kappa shape index (κ2) is 4.88. The minimum Gasteiger partial charge on any atom is -0.493 e. The molecule has 2 rings (SSSR count). The zero-order chi connectivity index (χ0) is 12.3. The summed E-state index contributed by atoms with van der Waals surface area (Å²) in [6.07, 6.45) is 2.09.